The number of nitrogen functional groups attached to an aromatic ring is 1. The first-order chi connectivity index (χ1) is 9.58. The van der Waals surface area contributed by atoms with Crippen molar-refractivity contribution in [2.24, 2.45) is 0 Å². The van der Waals surface area contributed by atoms with Crippen LogP contribution in [0.5, 0.6) is 0 Å². The number of hydrogen-bond acceptors (Lipinski definition) is 6. The summed E-state index contributed by atoms with van der Waals surface area (Å²) in [6.07, 6.45) is 1.84. The number of nitrogens with two attached hydrogens (primary N) is 1. The first-order valence-corrected chi connectivity index (χ1v) is 7.50. The SMILES string of the molecule is CSc1nc(N)n2nc(-c3cc(F)ccc3Br)nc2n1. The topological polar surface area (TPSA) is 82.0 Å². The molecule has 0 fully saturated rings. The highest BCUT2D eigenvalue weighted by Gasteiger charge is 2.14. The molecule has 3 rings (SSSR count). The van der Waals surface area contributed by atoms with Crippen molar-refractivity contribution in [2.45, 2.75) is 5.16 Å². The Bertz CT molecular complexity index is 805. The van der Waals surface area contributed by atoms with Crippen LogP contribution < -0.4 is 5.73 Å². The molecule has 9 heteroatoms. The maximum absolute atomic E-state index is 13.3. The van der Waals surface area contributed by atoms with Crippen LogP contribution in [0.2, 0.25) is 0 Å². The van der Waals surface area contributed by atoms with E-state index in [1.165, 1.54) is 28.4 Å². The molecule has 0 saturated carbocycles. The molecule has 0 saturated heterocycles. The number of thioether (sulfide) groups is 1. The Morgan fingerprint density at radius 2 is 2.10 bits per heavy atom. The zero-order chi connectivity index (χ0) is 14.3. The Hall–Kier alpha value is -1.74. The predicted octanol–water partition coefficient (Wildman–Crippen LogP) is 2.39. The van der Waals surface area contributed by atoms with Gasteiger partial charge in [0.05, 0.1) is 0 Å². The molecular formula is C11H8BrFN6S. The second-order valence-electron chi connectivity index (χ2n) is 3.84. The molecule has 0 aliphatic heterocycles. The lowest BCUT2D eigenvalue weighted by Crippen LogP contribution is -2.04. The van der Waals surface area contributed by atoms with E-state index >= 15 is 0 Å². The molecule has 20 heavy (non-hydrogen) atoms. The Kier molecular flexibility index (Phi) is 3.30. The number of benzene rings is 1. The second kappa shape index (κ2) is 4.98. The van der Waals surface area contributed by atoms with Crippen LogP contribution in [0, 0.1) is 5.82 Å². The average molecular weight is 355 g/mol. The zero-order valence-electron chi connectivity index (χ0n) is 10.2. The third-order valence-corrected chi connectivity index (χ3v) is 3.80. The lowest BCUT2D eigenvalue weighted by molar-refractivity contribution is 0.628. The number of aromatic nitrogens is 5. The summed E-state index contributed by atoms with van der Waals surface area (Å²) in [6, 6.07) is 4.29. The van der Waals surface area contributed by atoms with Gasteiger partial charge < -0.3 is 5.73 Å². The molecule has 0 radical (unpaired) electrons. The van der Waals surface area contributed by atoms with Gasteiger partial charge in [0.15, 0.2) is 11.0 Å². The molecule has 3 aromatic rings. The molecule has 1 aromatic carbocycles. The highest BCUT2D eigenvalue weighted by atomic mass is 79.9. The minimum Gasteiger partial charge on any atom is -0.368 e. The van der Waals surface area contributed by atoms with E-state index in [0.29, 0.717) is 26.8 Å². The normalized spacial score (nSPS) is 11.2. The highest BCUT2D eigenvalue weighted by Crippen LogP contribution is 2.27. The molecule has 0 amide bonds. The van der Waals surface area contributed by atoms with Crippen molar-refractivity contribution in [3.8, 4) is 11.4 Å². The molecular weight excluding hydrogens is 347 g/mol. The van der Waals surface area contributed by atoms with Crippen LogP contribution in [-0.4, -0.2) is 30.8 Å². The predicted molar refractivity (Wildman–Crippen MR) is 77.9 cm³/mol. The van der Waals surface area contributed by atoms with Crippen molar-refractivity contribution in [3.63, 3.8) is 0 Å². The van der Waals surface area contributed by atoms with Crippen LogP contribution >= 0.6 is 27.7 Å². The number of rotatable bonds is 2. The van der Waals surface area contributed by atoms with Gasteiger partial charge in [0.25, 0.3) is 5.78 Å². The Labute approximate surface area is 125 Å². The standard InChI is InChI=1S/C11H8BrFN6S/c1-20-11-16-9(14)19-10(17-11)15-8(18-19)6-4-5(13)2-3-7(6)12/h2-4H,1H3,(H2,14,15,16,17,18). The van der Waals surface area contributed by atoms with Crippen molar-refractivity contribution in [1.29, 1.82) is 0 Å². The van der Waals surface area contributed by atoms with Crippen LogP contribution in [-0.2, 0) is 0 Å². The largest absolute Gasteiger partial charge is 0.368 e. The Morgan fingerprint density at radius 1 is 1.30 bits per heavy atom. The Balaban J connectivity index is 2.22. The molecule has 102 valence electrons. The fourth-order valence-electron chi connectivity index (χ4n) is 1.66. The van der Waals surface area contributed by atoms with Crippen LogP contribution in [0.3, 0.4) is 0 Å². The molecule has 0 bridgehead atoms. The van der Waals surface area contributed by atoms with Gasteiger partial charge in [-0.15, -0.1) is 5.10 Å². The number of hydrogen-bond donors (Lipinski definition) is 1. The van der Waals surface area contributed by atoms with Crippen LogP contribution in [0.4, 0.5) is 10.3 Å². The van der Waals surface area contributed by atoms with E-state index < -0.39 is 0 Å². The van der Waals surface area contributed by atoms with Gasteiger partial charge in [0.1, 0.15) is 5.82 Å². The van der Waals surface area contributed by atoms with E-state index in [1.807, 2.05) is 6.26 Å². The molecule has 0 unspecified atom stereocenters. The van der Waals surface area contributed by atoms with E-state index in [1.54, 1.807) is 6.07 Å². The van der Waals surface area contributed by atoms with Crippen molar-refractivity contribution >= 4 is 39.4 Å². The summed E-state index contributed by atoms with van der Waals surface area (Å²) in [5, 5.41) is 4.72. The zero-order valence-corrected chi connectivity index (χ0v) is 12.6. The number of halogens is 2. The molecule has 2 N–H and O–H groups in total. The van der Waals surface area contributed by atoms with E-state index in [4.69, 9.17) is 5.73 Å². The lowest BCUT2D eigenvalue weighted by atomic mass is 10.2. The van der Waals surface area contributed by atoms with Crippen molar-refractivity contribution < 1.29 is 4.39 Å². The minimum absolute atomic E-state index is 0.186. The molecule has 2 aromatic heterocycles. The fraction of sp³-hybridized carbons (Fsp3) is 0.0909. The highest BCUT2D eigenvalue weighted by molar-refractivity contribution is 9.10. The fourth-order valence-corrected chi connectivity index (χ4v) is 2.44. The number of anilines is 1. The monoisotopic (exact) mass is 354 g/mol. The Morgan fingerprint density at radius 3 is 2.85 bits per heavy atom. The summed E-state index contributed by atoms with van der Waals surface area (Å²) in [5.74, 6) is 0.472. The quantitative estimate of drug-likeness (QED) is 0.711. The first kappa shape index (κ1) is 13.3. The molecule has 0 aliphatic rings. The van der Waals surface area contributed by atoms with Gasteiger partial charge in [0, 0.05) is 10.0 Å². The van der Waals surface area contributed by atoms with Gasteiger partial charge >= 0.3 is 0 Å². The number of fused-ring (bicyclic) bond motifs is 1. The smallest absolute Gasteiger partial charge is 0.258 e. The van der Waals surface area contributed by atoms with Crippen molar-refractivity contribution in [3.05, 3.63) is 28.5 Å². The molecule has 0 atom stereocenters. The maximum Gasteiger partial charge on any atom is 0.258 e. The molecule has 2 heterocycles. The molecule has 0 spiro atoms. The van der Waals surface area contributed by atoms with E-state index in [0.717, 1.165) is 0 Å². The third kappa shape index (κ3) is 2.22. The van der Waals surface area contributed by atoms with E-state index in [-0.39, 0.29) is 11.8 Å². The van der Waals surface area contributed by atoms with Gasteiger partial charge in [-0.3, -0.25) is 0 Å². The summed E-state index contributed by atoms with van der Waals surface area (Å²) >= 11 is 4.70. The van der Waals surface area contributed by atoms with Gasteiger partial charge in [-0.25, -0.2) is 4.39 Å². The van der Waals surface area contributed by atoms with Crippen molar-refractivity contribution in [1.82, 2.24) is 24.6 Å². The van der Waals surface area contributed by atoms with E-state index in [9.17, 15) is 4.39 Å². The summed E-state index contributed by atoms with van der Waals surface area (Å²) in [6.45, 7) is 0. The summed E-state index contributed by atoms with van der Waals surface area (Å²) in [7, 11) is 0. The molecule has 0 aliphatic carbocycles. The lowest BCUT2D eigenvalue weighted by Gasteiger charge is -1.99. The minimum atomic E-state index is -0.370. The summed E-state index contributed by atoms with van der Waals surface area (Å²) in [5.41, 5.74) is 6.33. The summed E-state index contributed by atoms with van der Waals surface area (Å²) in [4.78, 5) is 12.5. The third-order valence-electron chi connectivity index (χ3n) is 2.56. The van der Waals surface area contributed by atoms with Crippen LogP contribution in [0.1, 0.15) is 0 Å². The van der Waals surface area contributed by atoms with Crippen LogP contribution in [0.25, 0.3) is 17.2 Å². The van der Waals surface area contributed by atoms with Gasteiger partial charge in [-0.05, 0) is 24.5 Å². The van der Waals surface area contributed by atoms with Crippen LogP contribution in [0.15, 0.2) is 27.8 Å². The van der Waals surface area contributed by atoms with Gasteiger partial charge in [-0.1, -0.05) is 27.7 Å². The first-order valence-electron chi connectivity index (χ1n) is 5.48. The van der Waals surface area contributed by atoms with E-state index in [2.05, 4.69) is 36.0 Å². The maximum atomic E-state index is 13.3. The summed E-state index contributed by atoms with van der Waals surface area (Å²) < 4.78 is 15.4. The average Bonchev–Trinajstić information content (AvgIpc) is 2.85. The van der Waals surface area contributed by atoms with Gasteiger partial charge in [-0.2, -0.15) is 19.5 Å². The van der Waals surface area contributed by atoms with Gasteiger partial charge in [0.2, 0.25) is 5.95 Å². The molecule has 6 nitrogen and oxygen atoms in total. The second-order valence-corrected chi connectivity index (χ2v) is 5.47. The number of nitrogens with zero attached hydrogens (tertiary/aromatic N) is 5. The van der Waals surface area contributed by atoms with Crippen molar-refractivity contribution in [2.75, 3.05) is 12.0 Å².